The molecule has 18 atom stereocenters. The third-order valence-electron chi connectivity index (χ3n) is 12.8. The summed E-state index contributed by atoms with van der Waals surface area (Å²) in [4.78, 5) is 53.8. The number of aliphatic hydroxyl groups is 4. The first-order chi connectivity index (χ1) is 27.2. The maximum atomic E-state index is 14.3. The van der Waals surface area contributed by atoms with Gasteiger partial charge in [0.1, 0.15) is 29.2 Å². The molecular formula is C42H73NO16. The van der Waals surface area contributed by atoms with Crippen LogP contribution in [0.3, 0.4) is 0 Å². The highest BCUT2D eigenvalue weighted by Gasteiger charge is 2.54. The van der Waals surface area contributed by atoms with Crippen LogP contribution in [-0.2, 0) is 52.3 Å². The number of carboxylic acid groups (broad SMARTS) is 1. The van der Waals surface area contributed by atoms with Crippen LogP contribution in [0, 0.1) is 23.7 Å². The first-order valence-corrected chi connectivity index (χ1v) is 21.0. The number of esters is 2. The number of aliphatic carboxylic acids is 1. The van der Waals surface area contributed by atoms with E-state index in [1.807, 2.05) is 25.9 Å². The van der Waals surface area contributed by atoms with Gasteiger partial charge in [0.25, 0.3) is 0 Å². The quantitative estimate of drug-likeness (QED) is 0.178. The molecule has 17 heteroatoms. The van der Waals surface area contributed by atoms with Gasteiger partial charge in [-0.3, -0.25) is 19.2 Å². The van der Waals surface area contributed by atoms with Gasteiger partial charge in [-0.1, -0.05) is 27.7 Å². The molecule has 3 aliphatic heterocycles. The molecule has 0 aromatic rings. The smallest absolute Gasteiger partial charge is 0.311 e. The highest BCUT2D eigenvalue weighted by molar-refractivity contribution is 5.83. The highest BCUT2D eigenvalue weighted by Crippen LogP contribution is 2.41. The second-order valence-electron chi connectivity index (χ2n) is 18.2. The number of hydrogen-bond donors (Lipinski definition) is 5. The second kappa shape index (κ2) is 20.7. The Morgan fingerprint density at radius 2 is 1.53 bits per heavy atom. The van der Waals surface area contributed by atoms with Crippen LogP contribution in [0.15, 0.2) is 0 Å². The third-order valence-corrected chi connectivity index (χ3v) is 12.8. The zero-order valence-corrected chi connectivity index (χ0v) is 37.3. The van der Waals surface area contributed by atoms with Crippen molar-refractivity contribution in [1.29, 1.82) is 0 Å². The van der Waals surface area contributed by atoms with E-state index < -0.39 is 119 Å². The number of rotatable bonds is 12. The number of Topliss-reactive ketones (excluding diaryl/α,β-unsaturated/α-hetero) is 1. The fourth-order valence-electron chi connectivity index (χ4n) is 9.20. The number of aliphatic hydroxyl groups excluding tert-OH is 2. The summed E-state index contributed by atoms with van der Waals surface area (Å²) in [6.07, 6.45) is -10.8. The van der Waals surface area contributed by atoms with Crippen molar-refractivity contribution in [3.05, 3.63) is 0 Å². The number of ketones is 1. The molecule has 5 N–H and O–H groups in total. The predicted octanol–water partition coefficient (Wildman–Crippen LogP) is 2.59. The minimum atomic E-state index is -2.05. The van der Waals surface area contributed by atoms with Crippen molar-refractivity contribution in [3.8, 4) is 0 Å². The molecule has 3 rings (SSSR count). The number of carbonyl (C=O) groups excluding carboxylic acids is 3. The Bertz CT molecular complexity index is 1420. The molecule has 0 unspecified atom stereocenters. The van der Waals surface area contributed by atoms with Gasteiger partial charge < -0.3 is 63.6 Å². The molecule has 3 fully saturated rings. The molecule has 0 aliphatic carbocycles. The first-order valence-electron chi connectivity index (χ1n) is 21.0. The molecule has 342 valence electrons. The minimum absolute atomic E-state index is 0.0117. The van der Waals surface area contributed by atoms with Crippen LogP contribution in [0.5, 0.6) is 0 Å². The van der Waals surface area contributed by atoms with Crippen LogP contribution in [0.25, 0.3) is 0 Å². The summed E-state index contributed by atoms with van der Waals surface area (Å²) >= 11 is 0. The van der Waals surface area contributed by atoms with E-state index in [0.29, 0.717) is 6.42 Å². The summed E-state index contributed by atoms with van der Waals surface area (Å²) in [5, 5.41) is 56.1. The number of cyclic esters (lactones) is 1. The lowest BCUT2D eigenvalue weighted by Crippen LogP contribution is -2.61. The first kappa shape index (κ1) is 51.0. The number of nitrogens with zero attached hydrogens (tertiary/aromatic N) is 1. The number of carboxylic acids is 1. The van der Waals surface area contributed by atoms with E-state index in [1.54, 1.807) is 41.5 Å². The summed E-state index contributed by atoms with van der Waals surface area (Å²) in [5.41, 5.74) is -5.09. The van der Waals surface area contributed by atoms with E-state index in [1.165, 1.54) is 27.9 Å². The average molecular weight is 848 g/mol. The topological polar surface area (TPSA) is 237 Å². The monoisotopic (exact) mass is 847 g/mol. The van der Waals surface area contributed by atoms with Crippen molar-refractivity contribution in [2.75, 3.05) is 21.2 Å². The molecule has 0 bridgehead atoms. The lowest BCUT2D eigenvalue weighted by Gasteiger charge is -2.49. The fraction of sp³-hybridized carbons (Fsp3) is 0.905. The van der Waals surface area contributed by atoms with Crippen molar-refractivity contribution in [3.63, 3.8) is 0 Å². The maximum absolute atomic E-state index is 14.3. The van der Waals surface area contributed by atoms with Crippen molar-refractivity contribution < 1.29 is 77.9 Å². The number of hydrogen-bond acceptors (Lipinski definition) is 16. The van der Waals surface area contributed by atoms with Crippen LogP contribution in [0.2, 0.25) is 0 Å². The summed E-state index contributed by atoms with van der Waals surface area (Å²) in [6.45, 7) is 16.1. The molecule has 3 saturated heterocycles. The van der Waals surface area contributed by atoms with Crippen molar-refractivity contribution in [2.45, 2.75) is 198 Å². The van der Waals surface area contributed by atoms with E-state index in [4.69, 9.17) is 38.3 Å². The zero-order chi connectivity index (χ0) is 44.9. The largest absolute Gasteiger partial charge is 0.481 e. The average Bonchev–Trinajstić information content (AvgIpc) is 3.14. The highest BCUT2D eigenvalue weighted by atomic mass is 16.7. The molecule has 0 spiro atoms. The van der Waals surface area contributed by atoms with Gasteiger partial charge in [0.15, 0.2) is 18.7 Å². The molecule has 59 heavy (non-hydrogen) atoms. The molecule has 0 aromatic carbocycles. The number of methoxy groups -OCH3 is 1. The normalized spacial score (nSPS) is 44.4. The minimum Gasteiger partial charge on any atom is -0.481 e. The van der Waals surface area contributed by atoms with Gasteiger partial charge in [0.2, 0.25) is 0 Å². The molecule has 0 aromatic heterocycles. The summed E-state index contributed by atoms with van der Waals surface area (Å²) in [6, 6.07) is -0.367. The van der Waals surface area contributed by atoms with Crippen molar-refractivity contribution in [2.24, 2.45) is 23.7 Å². The molecule has 0 amide bonds. The Balaban J connectivity index is 2.13. The van der Waals surface area contributed by atoms with Gasteiger partial charge in [-0.25, -0.2) is 0 Å². The second-order valence-corrected chi connectivity index (χ2v) is 18.2. The van der Waals surface area contributed by atoms with Gasteiger partial charge >= 0.3 is 17.9 Å². The Morgan fingerprint density at radius 3 is 2.08 bits per heavy atom. The third kappa shape index (κ3) is 12.2. The van der Waals surface area contributed by atoms with Gasteiger partial charge in [0, 0.05) is 50.2 Å². The molecule has 0 saturated carbocycles. The Hall–Kier alpha value is -2.32. The molecule has 17 nitrogen and oxygen atoms in total. The van der Waals surface area contributed by atoms with Crippen molar-refractivity contribution >= 4 is 23.7 Å². The van der Waals surface area contributed by atoms with Crippen LogP contribution in [0.4, 0.5) is 0 Å². The van der Waals surface area contributed by atoms with Gasteiger partial charge in [-0.15, -0.1) is 0 Å². The van der Waals surface area contributed by atoms with Crippen LogP contribution in [0.1, 0.15) is 114 Å². The predicted molar refractivity (Wildman–Crippen MR) is 212 cm³/mol. The maximum Gasteiger partial charge on any atom is 0.311 e. The lowest BCUT2D eigenvalue weighted by molar-refractivity contribution is -0.318. The van der Waals surface area contributed by atoms with E-state index in [2.05, 4.69) is 0 Å². The number of carbonyl (C=O) groups is 4. The molecular weight excluding hydrogens is 774 g/mol. The Morgan fingerprint density at radius 1 is 0.898 bits per heavy atom. The number of likely N-dealkylation sites (N-methyl/N-ethyl adjacent to an activating group) is 1. The summed E-state index contributed by atoms with van der Waals surface area (Å²) < 4.78 is 43.5. The van der Waals surface area contributed by atoms with Gasteiger partial charge in [-0.2, -0.15) is 0 Å². The van der Waals surface area contributed by atoms with Crippen LogP contribution < -0.4 is 0 Å². The zero-order valence-electron chi connectivity index (χ0n) is 37.3. The number of ether oxygens (including phenoxy) is 7. The van der Waals surface area contributed by atoms with Gasteiger partial charge in [-0.05, 0) is 81.3 Å². The summed E-state index contributed by atoms with van der Waals surface area (Å²) in [5.74, 6) is -6.97. The summed E-state index contributed by atoms with van der Waals surface area (Å²) in [7, 11) is 5.10. The lowest BCUT2D eigenvalue weighted by atomic mass is 9.74. The Labute approximate surface area is 349 Å². The van der Waals surface area contributed by atoms with Crippen LogP contribution >= 0.6 is 0 Å². The van der Waals surface area contributed by atoms with E-state index in [9.17, 15) is 39.6 Å². The fourth-order valence-corrected chi connectivity index (χ4v) is 9.20. The standard InChI is InChI=1S/C42H73NO16/c1-14-28-42(10,52)35(49)23(4)32(47)21(2)19-40(8,51)36(59-39-33(48)27(43(11)12)18-22(3)54-39)24(5)34(25(6)38(50)56-28)58-31-20-41(9,53-13)37(26(7)55-31)57-30(46)17-15-16-29(44)45/h21-28,31,33-37,39,48-49,51-52H,14-20H2,1-13H3,(H,44,45)/t21-,22-,23-,24+,25-,26-,27+,28+,31+,33+,34-,35+,36+,37-,39+,40+,41+,42-/m1/s1. The van der Waals surface area contributed by atoms with E-state index in [-0.39, 0.29) is 50.7 Å². The Kier molecular flexibility index (Phi) is 17.9. The van der Waals surface area contributed by atoms with Crippen LogP contribution in [-0.4, -0.2) is 160 Å². The van der Waals surface area contributed by atoms with E-state index in [0.717, 1.165) is 0 Å². The van der Waals surface area contributed by atoms with Crippen molar-refractivity contribution in [1.82, 2.24) is 4.90 Å². The van der Waals surface area contributed by atoms with E-state index >= 15 is 0 Å². The SMILES string of the molecule is CC[C@@H]1OC(=O)[C@H](C)[C@H](O[C@H]2C[C@](C)(OC)[C@H](OC(=O)CCCC(=O)O)[C@@H](C)O2)[C@H](C)[C@H](O[C@@H]2O[C@H](C)C[C@H](N(C)C)[C@@H]2O)[C@@](C)(O)C[C@@H](C)C(=O)[C@@H](C)[C@H](O)[C@]1(C)O. The molecule has 3 aliphatic rings. The van der Waals surface area contributed by atoms with Gasteiger partial charge in [0.05, 0.1) is 42.0 Å². The molecule has 3 heterocycles. The molecule has 0 radical (unpaired) electrons.